The first kappa shape index (κ1) is 15.7. The molecule has 102 valence electrons. The lowest BCUT2D eigenvalue weighted by molar-refractivity contribution is 0.323. The fourth-order valence-corrected chi connectivity index (χ4v) is 2.10. The van der Waals surface area contributed by atoms with Gasteiger partial charge in [-0.3, -0.25) is 0 Å². The SMILES string of the molecule is CC(Br)CCN(C)Cc1ccc(C(C)(C)C)cc1. The van der Waals surface area contributed by atoms with Gasteiger partial charge in [0.2, 0.25) is 0 Å². The molecule has 0 bridgehead atoms. The van der Waals surface area contributed by atoms with Gasteiger partial charge in [0, 0.05) is 11.4 Å². The van der Waals surface area contributed by atoms with Crippen molar-refractivity contribution in [2.45, 2.75) is 50.9 Å². The number of benzene rings is 1. The third-order valence-corrected chi connectivity index (χ3v) is 3.64. The van der Waals surface area contributed by atoms with Crippen LogP contribution in [0.1, 0.15) is 45.2 Å². The van der Waals surface area contributed by atoms with Gasteiger partial charge in [0.25, 0.3) is 0 Å². The second-order valence-corrected chi connectivity index (χ2v) is 7.82. The Bertz CT molecular complexity index is 348. The van der Waals surface area contributed by atoms with Crippen molar-refractivity contribution in [1.82, 2.24) is 4.90 Å². The molecule has 0 aliphatic rings. The molecular weight excluding hydrogens is 286 g/mol. The highest BCUT2D eigenvalue weighted by atomic mass is 79.9. The molecule has 0 radical (unpaired) electrons. The van der Waals surface area contributed by atoms with E-state index in [1.54, 1.807) is 0 Å². The Morgan fingerprint density at radius 1 is 1.17 bits per heavy atom. The molecule has 0 aromatic heterocycles. The Labute approximate surface area is 121 Å². The van der Waals surface area contributed by atoms with E-state index in [1.165, 1.54) is 17.5 Å². The summed E-state index contributed by atoms with van der Waals surface area (Å²) < 4.78 is 0. The van der Waals surface area contributed by atoms with Crippen molar-refractivity contribution in [2.24, 2.45) is 0 Å². The molecule has 0 aliphatic heterocycles. The highest BCUT2D eigenvalue weighted by Crippen LogP contribution is 2.22. The van der Waals surface area contributed by atoms with Gasteiger partial charge in [0.05, 0.1) is 0 Å². The molecule has 0 saturated carbocycles. The van der Waals surface area contributed by atoms with Gasteiger partial charge in [-0.05, 0) is 36.6 Å². The van der Waals surface area contributed by atoms with Crippen molar-refractivity contribution in [2.75, 3.05) is 13.6 Å². The molecule has 18 heavy (non-hydrogen) atoms. The van der Waals surface area contributed by atoms with Crippen LogP contribution in [0.4, 0.5) is 0 Å². The van der Waals surface area contributed by atoms with Crippen LogP contribution in [0.15, 0.2) is 24.3 Å². The van der Waals surface area contributed by atoms with Gasteiger partial charge in [-0.2, -0.15) is 0 Å². The van der Waals surface area contributed by atoms with E-state index in [4.69, 9.17) is 0 Å². The Hall–Kier alpha value is -0.340. The maximum Gasteiger partial charge on any atom is 0.0230 e. The monoisotopic (exact) mass is 311 g/mol. The van der Waals surface area contributed by atoms with Crippen LogP contribution in [0.3, 0.4) is 0 Å². The minimum absolute atomic E-state index is 0.246. The van der Waals surface area contributed by atoms with Gasteiger partial charge >= 0.3 is 0 Å². The molecule has 1 rings (SSSR count). The van der Waals surface area contributed by atoms with Crippen LogP contribution in [-0.2, 0) is 12.0 Å². The second-order valence-electron chi connectivity index (χ2n) is 6.25. The standard InChI is InChI=1S/C16H26BrN/c1-13(17)10-11-18(5)12-14-6-8-15(9-7-14)16(2,3)4/h6-9,13H,10-12H2,1-5H3. The lowest BCUT2D eigenvalue weighted by Crippen LogP contribution is -2.21. The van der Waals surface area contributed by atoms with Crippen molar-refractivity contribution in [1.29, 1.82) is 0 Å². The average molecular weight is 312 g/mol. The normalized spacial score (nSPS) is 13.9. The van der Waals surface area contributed by atoms with E-state index in [9.17, 15) is 0 Å². The maximum absolute atomic E-state index is 3.59. The van der Waals surface area contributed by atoms with Crippen LogP contribution in [0, 0.1) is 0 Å². The molecule has 0 spiro atoms. The highest BCUT2D eigenvalue weighted by molar-refractivity contribution is 9.09. The van der Waals surface area contributed by atoms with Gasteiger partial charge < -0.3 is 4.90 Å². The van der Waals surface area contributed by atoms with Gasteiger partial charge in [-0.25, -0.2) is 0 Å². The maximum atomic E-state index is 3.59. The molecule has 1 aromatic rings. The van der Waals surface area contributed by atoms with Crippen LogP contribution in [-0.4, -0.2) is 23.3 Å². The zero-order chi connectivity index (χ0) is 13.8. The zero-order valence-electron chi connectivity index (χ0n) is 12.3. The van der Waals surface area contributed by atoms with Crippen molar-refractivity contribution < 1.29 is 0 Å². The summed E-state index contributed by atoms with van der Waals surface area (Å²) in [5, 5.41) is 0. The summed E-state index contributed by atoms with van der Waals surface area (Å²) in [5.74, 6) is 0. The molecule has 0 amide bonds. The molecule has 1 atom stereocenters. The van der Waals surface area contributed by atoms with E-state index in [1.807, 2.05) is 0 Å². The fourth-order valence-electron chi connectivity index (χ4n) is 1.90. The van der Waals surface area contributed by atoms with E-state index < -0.39 is 0 Å². The summed E-state index contributed by atoms with van der Waals surface area (Å²) in [6.45, 7) is 11.1. The van der Waals surface area contributed by atoms with E-state index >= 15 is 0 Å². The number of alkyl halides is 1. The highest BCUT2D eigenvalue weighted by Gasteiger charge is 2.13. The van der Waals surface area contributed by atoms with Crippen molar-refractivity contribution in [3.05, 3.63) is 35.4 Å². The van der Waals surface area contributed by atoms with Gasteiger partial charge in [-0.1, -0.05) is 67.9 Å². The van der Waals surface area contributed by atoms with Crippen molar-refractivity contribution in [3.63, 3.8) is 0 Å². The second kappa shape index (κ2) is 6.72. The third-order valence-electron chi connectivity index (χ3n) is 3.18. The van der Waals surface area contributed by atoms with E-state index in [0.29, 0.717) is 4.83 Å². The number of nitrogens with zero attached hydrogens (tertiary/aromatic N) is 1. The van der Waals surface area contributed by atoms with Crippen molar-refractivity contribution in [3.8, 4) is 0 Å². The first-order valence-corrected chi connectivity index (χ1v) is 7.62. The van der Waals surface area contributed by atoms with Crippen LogP contribution in [0.25, 0.3) is 0 Å². The quantitative estimate of drug-likeness (QED) is 0.719. The Morgan fingerprint density at radius 3 is 2.17 bits per heavy atom. The first-order chi connectivity index (χ1) is 8.29. The predicted octanol–water partition coefficient (Wildman–Crippen LogP) is 4.59. The van der Waals surface area contributed by atoms with E-state index in [-0.39, 0.29) is 5.41 Å². The number of halogens is 1. The lowest BCUT2D eigenvalue weighted by Gasteiger charge is -2.21. The smallest absolute Gasteiger partial charge is 0.0230 e. The number of hydrogen-bond donors (Lipinski definition) is 0. The zero-order valence-corrected chi connectivity index (χ0v) is 13.9. The summed E-state index contributed by atoms with van der Waals surface area (Å²) in [5.41, 5.74) is 3.05. The summed E-state index contributed by atoms with van der Waals surface area (Å²) in [4.78, 5) is 2.98. The van der Waals surface area contributed by atoms with Gasteiger partial charge in [0.1, 0.15) is 0 Å². The summed E-state index contributed by atoms with van der Waals surface area (Å²) >= 11 is 3.59. The molecule has 1 unspecified atom stereocenters. The lowest BCUT2D eigenvalue weighted by atomic mass is 9.87. The van der Waals surface area contributed by atoms with E-state index in [0.717, 1.165) is 13.1 Å². The minimum atomic E-state index is 0.246. The molecule has 1 nitrogen and oxygen atoms in total. The molecule has 2 heteroatoms. The summed E-state index contributed by atoms with van der Waals surface area (Å²) in [6.07, 6.45) is 1.19. The van der Waals surface area contributed by atoms with Crippen LogP contribution in [0.5, 0.6) is 0 Å². The largest absolute Gasteiger partial charge is 0.302 e. The molecule has 0 aliphatic carbocycles. The third kappa shape index (κ3) is 5.53. The van der Waals surface area contributed by atoms with Crippen LogP contribution >= 0.6 is 15.9 Å². The molecule has 0 fully saturated rings. The van der Waals surface area contributed by atoms with E-state index in [2.05, 4.69) is 79.8 Å². The van der Waals surface area contributed by atoms with Gasteiger partial charge in [-0.15, -0.1) is 0 Å². The Balaban J connectivity index is 2.53. The Morgan fingerprint density at radius 2 is 1.72 bits per heavy atom. The molecular formula is C16H26BrN. The van der Waals surface area contributed by atoms with Crippen LogP contribution < -0.4 is 0 Å². The topological polar surface area (TPSA) is 3.24 Å². The summed E-state index contributed by atoms with van der Waals surface area (Å²) in [6, 6.07) is 9.04. The number of hydrogen-bond acceptors (Lipinski definition) is 1. The molecule has 0 N–H and O–H groups in total. The average Bonchev–Trinajstić information content (AvgIpc) is 2.26. The fraction of sp³-hybridized carbons (Fsp3) is 0.625. The molecule has 0 heterocycles. The molecule has 1 aromatic carbocycles. The van der Waals surface area contributed by atoms with Crippen molar-refractivity contribution >= 4 is 15.9 Å². The number of rotatable bonds is 5. The minimum Gasteiger partial charge on any atom is -0.302 e. The summed E-state index contributed by atoms with van der Waals surface area (Å²) in [7, 11) is 2.19. The predicted molar refractivity (Wildman–Crippen MR) is 84.5 cm³/mol. The van der Waals surface area contributed by atoms with Gasteiger partial charge in [0.15, 0.2) is 0 Å². The van der Waals surface area contributed by atoms with Crippen LogP contribution in [0.2, 0.25) is 0 Å². The first-order valence-electron chi connectivity index (χ1n) is 6.71. The Kier molecular flexibility index (Phi) is 5.87. The molecule has 0 saturated heterocycles.